The number of hydrogen-bond donors (Lipinski definition) is 1. The summed E-state index contributed by atoms with van der Waals surface area (Å²) in [4.78, 5) is 30.1. The number of rotatable bonds is 7. The predicted octanol–water partition coefficient (Wildman–Crippen LogP) is 3.66. The zero-order chi connectivity index (χ0) is 20.8. The molecular formula is C22H23N3O3S. The van der Waals surface area contributed by atoms with Crippen LogP contribution >= 0.6 is 11.3 Å². The number of nitrogens with one attached hydrogen (secondary N) is 1. The lowest BCUT2D eigenvalue weighted by Crippen LogP contribution is -2.23. The van der Waals surface area contributed by atoms with E-state index in [0.717, 1.165) is 16.3 Å². The number of aromatic nitrogens is 1. The van der Waals surface area contributed by atoms with Gasteiger partial charge in [-0.05, 0) is 48.9 Å². The predicted molar refractivity (Wildman–Crippen MR) is 113 cm³/mol. The van der Waals surface area contributed by atoms with Crippen molar-refractivity contribution >= 4 is 23.2 Å². The smallest absolute Gasteiger partial charge is 0.253 e. The Labute approximate surface area is 174 Å². The molecule has 2 amide bonds. The molecule has 0 spiro atoms. The molecule has 0 radical (unpaired) electrons. The summed E-state index contributed by atoms with van der Waals surface area (Å²) in [7, 11) is 3.43. The monoisotopic (exact) mass is 409 g/mol. The molecule has 0 aliphatic heterocycles. The first-order chi connectivity index (χ1) is 13.9. The SMILES string of the molecule is Cc1nc(COc2ccc(C(=O)NCc3ccc(C(=O)N(C)C)cc3)cc2)cs1. The number of ether oxygens (including phenoxy) is 1. The van der Waals surface area contributed by atoms with Gasteiger partial charge in [0, 0.05) is 37.1 Å². The van der Waals surface area contributed by atoms with E-state index in [4.69, 9.17) is 4.74 Å². The summed E-state index contributed by atoms with van der Waals surface area (Å²) in [5.41, 5.74) is 2.99. The van der Waals surface area contributed by atoms with Crippen molar-refractivity contribution < 1.29 is 14.3 Å². The fraction of sp³-hybridized carbons (Fsp3) is 0.227. The molecule has 0 unspecified atom stereocenters. The van der Waals surface area contributed by atoms with E-state index in [0.29, 0.717) is 30.0 Å². The van der Waals surface area contributed by atoms with E-state index in [1.54, 1.807) is 61.8 Å². The second-order valence-electron chi connectivity index (χ2n) is 6.75. The van der Waals surface area contributed by atoms with Crippen molar-refractivity contribution in [3.8, 4) is 5.75 Å². The van der Waals surface area contributed by atoms with Crippen LogP contribution < -0.4 is 10.1 Å². The number of carbonyl (C=O) groups excluding carboxylic acids is 2. The highest BCUT2D eigenvalue weighted by molar-refractivity contribution is 7.09. The molecule has 150 valence electrons. The van der Waals surface area contributed by atoms with Gasteiger partial charge in [-0.3, -0.25) is 9.59 Å². The fourth-order valence-electron chi connectivity index (χ4n) is 2.64. The fourth-order valence-corrected chi connectivity index (χ4v) is 3.24. The molecule has 0 fully saturated rings. The van der Waals surface area contributed by atoms with E-state index >= 15 is 0 Å². The van der Waals surface area contributed by atoms with Crippen LogP contribution in [-0.2, 0) is 13.2 Å². The maximum atomic E-state index is 12.4. The van der Waals surface area contributed by atoms with Crippen LogP contribution in [0, 0.1) is 6.92 Å². The highest BCUT2D eigenvalue weighted by atomic mass is 32.1. The lowest BCUT2D eigenvalue weighted by Gasteiger charge is -2.11. The molecule has 7 heteroatoms. The quantitative estimate of drug-likeness (QED) is 0.646. The molecule has 2 aromatic carbocycles. The number of thiazole rings is 1. The van der Waals surface area contributed by atoms with Gasteiger partial charge < -0.3 is 15.0 Å². The van der Waals surface area contributed by atoms with Gasteiger partial charge in [-0.2, -0.15) is 0 Å². The van der Waals surface area contributed by atoms with Gasteiger partial charge in [-0.25, -0.2) is 4.98 Å². The maximum absolute atomic E-state index is 12.4. The van der Waals surface area contributed by atoms with Crippen molar-refractivity contribution in [2.24, 2.45) is 0 Å². The molecule has 1 N–H and O–H groups in total. The van der Waals surface area contributed by atoms with Crippen LogP contribution in [0.1, 0.15) is 37.0 Å². The minimum atomic E-state index is -0.167. The molecular weight excluding hydrogens is 386 g/mol. The van der Waals surface area contributed by atoms with Crippen molar-refractivity contribution in [3.63, 3.8) is 0 Å². The highest BCUT2D eigenvalue weighted by Gasteiger charge is 2.09. The highest BCUT2D eigenvalue weighted by Crippen LogP contribution is 2.16. The third kappa shape index (κ3) is 5.65. The van der Waals surface area contributed by atoms with Crippen LogP contribution in [0.2, 0.25) is 0 Å². The molecule has 3 rings (SSSR count). The summed E-state index contributed by atoms with van der Waals surface area (Å²) in [6, 6.07) is 14.2. The average molecular weight is 410 g/mol. The van der Waals surface area contributed by atoms with Gasteiger partial charge in [0.1, 0.15) is 12.4 Å². The van der Waals surface area contributed by atoms with Gasteiger partial charge in [-0.15, -0.1) is 11.3 Å². The topological polar surface area (TPSA) is 71.5 Å². The van der Waals surface area contributed by atoms with Crippen LogP contribution in [0.5, 0.6) is 5.75 Å². The number of benzene rings is 2. The standard InChI is InChI=1S/C22H23N3O3S/c1-15-24-19(14-29-15)13-28-20-10-8-17(9-11-20)21(26)23-12-16-4-6-18(7-5-16)22(27)25(2)3/h4-11,14H,12-13H2,1-3H3,(H,23,26). The maximum Gasteiger partial charge on any atom is 0.253 e. The largest absolute Gasteiger partial charge is 0.487 e. The Kier molecular flexibility index (Phi) is 6.61. The summed E-state index contributed by atoms with van der Waals surface area (Å²) < 4.78 is 5.70. The van der Waals surface area contributed by atoms with Crippen molar-refractivity contribution in [1.82, 2.24) is 15.2 Å². The van der Waals surface area contributed by atoms with Gasteiger partial charge in [0.2, 0.25) is 0 Å². The van der Waals surface area contributed by atoms with E-state index in [1.165, 1.54) is 4.90 Å². The van der Waals surface area contributed by atoms with E-state index in [2.05, 4.69) is 10.3 Å². The second-order valence-corrected chi connectivity index (χ2v) is 7.81. The molecule has 3 aromatic rings. The molecule has 1 aromatic heterocycles. The minimum Gasteiger partial charge on any atom is -0.487 e. The third-order valence-electron chi connectivity index (χ3n) is 4.23. The molecule has 0 saturated heterocycles. The summed E-state index contributed by atoms with van der Waals surface area (Å²) in [5.74, 6) is 0.473. The summed E-state index contributed by atoms with van der Waals surface area (Å²) in [6.45, 7) is 2.75. The molecule has 0 aliphatic rings. The number of carbonyl (C=O) groups is 2. The van der Waals surface area contributed by atoms with Crippen LogP contribution in [-0.4, -0.2) is 35.8 Å². The second kappa shape index (κ2) is 9.34. The molecule has 1 heterocycles. The molecule has 29 heavy (non-hydrogen) atoms. The molecule has 0 saturated carbocycles. The van der Waals surface area contributed by atoms with E-state index in [1.807, 2.05) is 24.4 Å². The Morgan fingerprint density at radius 2 is 1.69 bits per heavy atom. The number of aryl methyl sites for hydroxylation is 1. The number of amides is 2. The zero-order valence-electron chi connectivity index (χ0n) is 16.6. The molecule has 0 bridgehead atoms. The van der Waals surface area contributed by atoms with E-state index in [-0.39, 0.29) is 11.8 Å². The molecule has 6 nitrogen and oxygen atoms in total. The van der Waals surface area contributed by atoms with Crippen molar-refractivity contribution in [3.05, 3.63) is 81.3 Å². The van der Waals surface area contributed by atoms with Crippen LogP contribution in [0.3, 0.4) is 0 Å². The van der Waals surface area contributed by atoms with Gasteiger partial charge in [0.05, 0.1) is 10.7 Å². The number of hydrogen-bond acceptors (Lipinski definition) is 5. The third-order valence-corrected chi connectivity index (χ3v) is 5.05. The Balaban J connectivity index is 1.50. The molecule has 0 atom stereocenters. The Morgan fingerprint density at radius 3 is 2.28 bits per heavy atom. The Bertz CT molecular complexity index is 979. The van der Waals surface area contributed by atoms with Crippen molar-refractivity contribution in [1.29, 1.82) is 0 Å². The lowest BCUT2D eigenvalue weighted by molar-refractivity contribution is 0.0827. The summed E-state index contributed by atoms with van der Waals surface area (Å²) in [6.07, 6.45) is 0. The Hall–Kier alpha value is -3.19. The van der Waals surface area contributed by atoms with Crippen LogP contribution in [0.25, 0.3) is 0 Å². The van der Waals surface area contributed by atoms with Gasteiger partial charge >= 0.3 is 0 Å². The first-order valence-electron chi connectivity index (χ1n) is 9.15. The average Bonchev–Trinajstić information content (AvgIpc) is 3.15. The van der Waals surface area contributed by atoms with Crippen LogP contribution in [0.15, 0.2) is 53.9 Å². The first-order valence-corrected chi connectivity index (χ1v) is 10.0. The summed E-state index contributed by atoms with van der Waals surface area (Å²) >= 11 is 1.59. The van der Waals surface area contributed by atoms with Gasteiger partial charge in [0.15, 0.2) is 0 Å². The number of nitrogens with zero attached hydrogens (tertiary/aromatic N) is 2. The van der Waals surface area contributed by atoms with E-state index in [9.17, 15) is 9.59 Å². The van der Waals surface area contributed by atoms with Crippen molar-refractivity contribution in [2.45, 2.75) is 20.1 Å². The first kappa shape index (κ1) is 20.5. The van der Waals surface area contributed by atoms with Gasteiger partial charge in [0.25, 0.3) is 11.8 Å². The lowest BCUT2D eigenvalue weighted by atomic mass is 10.1. The minimum absolute atomic E-state index is 0.0483. The van der Waals surface area contributed by atoms with Gasteiger partial charge in [-0.1, -0.05) is 12.1 Å². The normalized spacial score (nSPS) is 10.4. The van der Waals surface area contributed by atoms with Crippen molar-refractivity contribution in [2.75, 3.05) is 14.1 Å². The molecule has 0 aliphatic carbocycles. The van der Waals surface area contributed by atoms with E-state index < -0.39 is 0 Å². The summed E-state index contributed by atoms with van der Waals surface area (Å²) in [5, 5.41) is 5.86. The Morgan fingerprint density at radius 1 is 1.03 bits per heavy atom. The van der Waals surface area contributed by atoms with Crippen LogP contribution in [0.4, 0.5) is 0 Å². The zero-order valence-corrected chi connectivity index (χ0v) is 17.5.